The zero-order valence-corrected chi connectivity index (χ0v) is 22.2. The van der Waals surface area contributed by atoms with Crippen LogP contribution in [0.3, 0.4) is 0 Å². The molecule has 2 aromatic rings. The molecule has 2 heterocycles. The lowest BCUT2D eigenvalue weighted by molar-refractivity contribution is -0.384. The number of esters is 4. The van der Waals surface area contributed by atoms with Crippen LogP contribution in [0.25, 0.3) is 0 Å². The Labute approximate surface area is 246 Å². The number of hydrogen-bond donors (Lipinski definition) is 0. The van der Waals surface area contributed by atoms with Crippen LogP contribution < -0.4 is 9.64 Å². The SMILES string of the molecule is [2H]CC(=O)OC[C@H]1OC(Oc2ccc(N3CCc4cc([N+](=O)[O-])ccc43)cc2)[C@@H](OC(=O)C[2H])[C@@H](OC(=O)C[2H])[C@@H]1OC(=O)C[2H]. The molecule has 0 bridgehead atoms. The molecule has 14 nitrogen and oxygen atoms in total. The van der Waals surface area contributed by atoms with Crippen molar-refractivity contribution in [3.63, 3.8) is 0 Å². The molecule has 0 N–H and O–H groups in total. The third-order valence-electron chi connectivity index (χ3n) is 6.37. The summed E-state index contributed by atoms with van der Waals surface area (Å²) in [5.41, 5.74) is 2.34. The van der Waals surface area contributed by atoms with Crippen LogP contribution in [0.2, 0.25) is 0 Å². The number of anilines is 2. The van der Waals surface area contributed by atoms with Gasteiger partial charge < -0.3 is 33.3 Å². The highest BCUT2D eigenvalue weighted by molar-refractivity contribution is 5.72. The van der Waals surface area contributed by atoms with Gasteiger partial charge in [-0.25, -0.2) is 0 Å². The minimum atomic E-state index is -1.67. The van der Waals surface area contributed by atoms with E-state index in [1.54, 1.807) is 30.3 Å². The molecule has 1 saturated heterocycles. The zero-order chi connectivity index (χ0) is 33.4. The van der Waals surface area contributed by atoms with Crippen LogP contribution in [0.1, 0.15) is 38.6 Å². The van der Waals surface area contributed by atoms with Crippen molar-refractivity contribution in [2.75, 3.05) is 18.1 Å². The number of benzene rings is 2. The number of ether oxygens (including phenoxy) is 6. The van der Waals surface area contributed by atoms with E-state index < -0.39 is 93.7 Å². The fourth-order valence-electron chi connectivity index (χ4n) is 4.75. The minimum absolute atomic E-state index is 0.00586. The molecule has 0 spiro atoms. The summed E-state index contributed by atoms with van der Waals surface area (Å²) in [6.45, 7) is -3.36. The van der Waals surface area contributed by atoms with Gasteiger partial charge in [0.05, 0.1) is 4.92 Å². The van der Waals surface area contributed by atoms with Crippen molar-refractivity contribution in [1.82, 2.24) is 0 Å². The van der Waals surface area contributed by atoms with E-state index in [2.05, 4.69) is 0 Å². The average molecular weight is 591 g/mol. The molecule has 42 heavy (non-hydrogen) atoms. The van der Waals surface area contributed by atoms with Crippen LogP contribution in [0, 0.1) is 10.1 Å². The first-order valence-corrected chi connectivity index (χ1v) is 12.5. The van der Waals surface area contributed by atoms with E-state index in [-0.39, 0.29) is 11.4 Å². The molecular weight excluding hydrogens is 556 g/mol. The van der Waals surface area contributed by atoms with Crippen LogP contribution in [0.15, 0.2) is 42.5 Å². The molecule has 0 aromatic heterocycles. The van der Waals surface area contributed by atoms with Gasteiger partial charge in [-0.2, -0.15) is 0 Å². The van der Waals surface area contributed by atoms with Crippen molar-refractivity contribution < 1.29 is 58.0 Å². The van der Waals surface area contributed by atoms with Gasteiger partial charge in [0.2, 0.25) is 12.4 Å². The normalized spacial score (nSPS) is 24.1. The van der Waals surface area contributed by atoms with Crippen molar-refractivity contribution in [2.45, 2.75) is 64.7 Å². The lowest BCUT2D eigenvalue weighted by atomic mass is 9.98. The Balaban J connectivity index is 1.63. The molecule has 14 heteroatoms. The first-order chi connectivity index (χ1) is 22.1. The second-order valence-corrected chi connectivity index (χ2v) is 9.17. The number of nitro benzene ring substituents is 1. The van der Waals surface area contributed by atoms with Crippen LogP contribution >= 0.6 is 0 Å². The van der Waals surface area contributed by atoms with E-state index in [1.807, 2.05) is 4.90 Å². The zero-order valence-electron chi connectivity index (χ0n) is 26.2. The van der Waals surface area contributed by atoms with Gasteiger partial charge in [-0.05, 0) is 42.3 Å². The highest BCUT2D eigenvalue weighted by Gasteiger charge is 2.53. The fraction of sp³-hybridized carbons (Fsp3) is 0.429. The topological polar surface area (TPSA) is 170 Å². The molecule has 0 aliphatic carbocycles. The maximum Gasteiger partial charge on any atom is 0.303 e. The Bertz CT molecular complexity index is 1450. The summed E-state index contributed by atoms with van der Waals surface area (Å²) in [7, 11) is 0. The summed E-state index contributed by atoms with van der Waals surface area (Å²) in [4.78, 5) is 61.1. The number of nitrogens with zero attached hydrogens (tertiary/aromatic N) is 2. The smallest absolute Gasteiger partial charge is 0.303 e. The third-order valence-corrected chi connectivity index (χ3v) is 6.37. The quantitative estimate of drug-likeness (QED) is 0.181. The Kier molecular flexibility index (Phi) is 7.66. The molecule has 1 fully saturated rings. The van der Waals surface area contributed by atoms with Crippen molar-refractivity contribution in [1.29, 1.82) is 0 Å². The molecule has 0 amide bonds. The average Bonchev–Trinajstić information content (AvgIpc) is 3.49. The lowest BCUT2D eigenvalue weighted by Crippen LogP contribution is -2.63. The second-order valence-electron chi connectivity index (χ2n) is 9.17. The van der Waals surface area contributed by atoms with Gasteiger partial charge in [0, 0.05) is 63.1 Å². The number of rotatable bonds is 9. The molecule has 2 aromatic carbocycles. The van der Waals surface area contributed by atoms with Gasteiger partial charge in [0.25, 0.3) is 5.69 Å². The molecule has 4 rings (SSSR count). The van der Waals surface area contributed by atoms with E-state index in [0.29, 0.717) is 13.0 Å². The van der Waals surface area contributed by atoms with Gasteiger partial charge in [-0.3, -0.25) is 29.3 Å². The third kappa shape index (κ3) is 7.13. The highest BCUT2D eigenvalue weighted by Crippen LogP contribution is 2.37. The fourth-order valence-corrected chi connectivity index (χ4v) is 4.75. The molecule has 0 radical (unpaired) electrons. The predicted molar refractivity (Wildman–Crippen MR) is 143 cm³/mol. The number of non-ortho nitro benzene ring substituents is 1. The van der Waals surface area contributed by atoms with E-state index in [4.69, 9.17) is 33.9 Å². The monoisotopic (exact) mass is 590 g/mol. The van der Waals surface area contributed by atoms with Gasteiger partial charge in [0.15, 0.2) is 12.2 Å². The molecule has 0 saturated carbocycles. The summed E-state index contributed by atoms with van der Waals surface area (Å²) in [6.07, 6.45) is -7.35. The number of fused-ring (bicyclic) bond motifs is 1. The van der Waals surface area contributed by atoms with Crippen molar-refractivity contribution in [3.05, 3.63) is 58.1 Å². The standard InChI is InChI=1S/C28H30N2O12/c1-15(31)37-14-24-25(38-16(2)32)26(39-17(3)33)27(40-18(4)34)28(42-24)41-22-8-5-20(6-9-22)29-12-11-19-13-21(30(35)36)7-10-23(19)29/h5-10,13,24-28H,11-12,14H2,1-4H3/t24-,25-,26+,27+,28?/m1/s1/i1D,2D,3D,4D. The Morgan fingerprint density at radius 2 is 1.57 bits per heavy atom. The minimum Gasteiger partial charge on any atom is -0.463 e. The Morgan fingerprint density at radius 1 is 0.929 bits per heavy atom. The van der Waals surface area contributed by atoms with Gasteiger partial charge in [-0.1, -0.05) is 0 Å². The number of nitro groups is 1. The maximum atomic E-state index is 12.3. The molecule has 224 valence electrons. The lowest BCUT2D eigenvalue weighted by Gasteiger charge is -2.43. The van der Waals surface area contributed by atoms with E-state index in [9.17, 15) is 29.3 Å². The van der Waals surface area contributed by atoms with E-state index in [1.165, 1.54) is 12.1 Å². The first-order valence-electron chi connectivity index (χ1n) is 15.3. The van der Waals surface area contributed by atoms with E-state index in [0.717, 1.165) is 16.9 Å². The van der Waals surface area contributed by atoms with Crippen LogP contribution in [0.4, 0.5) is 17.1 Å². The van der Waals surface area contributed by atoms with Gasteiger partial charge in [-0.15, -0.1) is 0 Å². The van der Waals surface area contributed by atoms with Crippen molar-refractivity contribution >= 4 is 40.9 Å². The molecular formula is C28H30N2O12. The van der Waals surface area contributed by atoms with Crippen molar-refractivity contribution in [3.8, 4) is 5.75 Å². The summed E-state index contributed by atoms with van der Waals surface area (Å²) in [6, 6.07) is 11.1. The first kappa shape index (κ1) is 25.0. The van der Waals surface area contributed by atoms with Gasteiger partial charge in [0.1, 0.15) is 18.5 Å². The Morgan fingerprint density at radius 3 is 2.21 bits per heavy atom. The van der Waals surface area contributed by atoms with Crippen LogP contribution in [-0.2, 0) is 49.3 Å². The van der Waals surface area contributed by atoms with Crippen LogP contribution in [-0.4, -0.2) is 72.7 Å². The summed E-state index contributed by atoms with van der Waals surface area (Å²) < 4.78 is 62.2. The Hall–Kier alpha value is -4.72. The van der Waals surface area contributed by atoms with Gasteiger partial charge >= 0.3 is 23.9 Å². The highest BCUT2D eigenvalue weighted by atomic mass is 16.7. The predicted octanol–water partition coefficient (Wildman–Crippen LogP) is 2.75. The molecule has 1 unspecified atom stereocenters. The molecule has 5 atom stereocenters. The largest absolute Gasteiger partial charge is 0.463 e. The number of carbonyl (C=O) groups excluding carboxylic acids is 4. The summed E-state index contributed by atoms with van der Waals surface area (Å²) >= 11 is 0. The summed E-state index contributed by atoms with van der Waals surface area (Å²) in [5.74, 6) is -4.06. The number of carbonyl (C=O) groups is 4. The maximum absolute atomic E-state index is 12.3. The molecule has 2 aliphatic heterocycles. The molecule has 2 aliphatic rings. The van der Waals surface area contributed by atoms with E-state index >= 15 is 0 Å². The van der Waals surface area contributed by atoms with Crippen molar-refractivity contribution in [2.24, 2.45) is 0 Å². The second kappa shape index (κ2) is 12.9. The summed E-state index contributed by atoms with van der Waals surface area (Å²) in [5, 5.41) is 11.2. The van der Waals surface area contributed by atoms with Crippen LogP contribution in [0.5, 0.6) is 5.75 Å². The number of hydrogen-bond acceptors (Lipinski definition) is 13.